The van der Waals surface area contributed by atoms with E-state index in [9.17, 15) is 9.18 Å². The van der Waals surface area contributed by atoms with Crippen molar-refractivity contribution in [2.45, 2.75) is 26.4 Å². The Bertz CT molecular complexity index is 526. The molecular weight excluding hydrogens is 313 g/mol. The molecule has 0 radical (unpaired) electrons. The van der Waals surface area contributed by atoms with Crippen LogP contribution >= 0.6 is 15.9 Å². The Kier molecular flexibility index (Phi) is 5.37. The van der Waals surface area contributed by atoms with Crippen molar-refractivity contribution >= 4 is 22.0 Å². The molecule has 19 heavy (non-hydrogen) atoms. The molecule has 3 nitrogen and oxygen atoms in total. The Morgan fingerprint density at radius 3 is 2.74 bits per heavy atom. The molecule has 1 aromatic carbocycles. The van der Waals surface area contributed by atoms with Crippen LogP contribution in [-0.2, 0) is 4.74 Å². The summed E-state index contributed by atoms with van der Waals surface area (Å²) in [6.07, 6.45) is -0.543. The second-order valence-electron chi connectivity index (χ2n) is 4.78. The zero-order chi connectivity index (χ0) is 14.5. The second-order valence-corrected chi connectivity index (χ2v) is 5.70. The van der Waals surface area contributed by atoms with Crippen LogP contribution in [0.5, 0.6) is 0 Å². The number of hydrogen-bond donors (Lipinski definition) is 1. The summed E-state index contributed by atoms with van der Waals surface area (Å²) in [5, 5.41) is 2.47. The maximum atomic E-state index is 13.4. The topological polar surface area (TPSA) is 38.3 Å². The van der Waals surface area contributed by atoms with Crippen LogP contribution in [0.4, 0.5) is 9.18 Å². The SMILES string of the molecule is CC(C)(C)OC(=O)NCC#Cc1ccc(Br)cc1F. The van der Waals surface area contributed by atoms with Crippen molar-refractivity contribution in [2.24, 2.45) is 0 Å². The zero-order valence-electron chi connectivity index (χ0n) is 11.0. The third kappa shape index (κ3) is 6.25. The molecule has 0 spiro atoms. The number of benzene rings is 1. The van der Waals surface area contributed by atoms with E-state index in [1.54, 1.807) is 32.9 Å². The number of hydrogen-bond acceptors (Lipinski definition) is 2. The van der Waals surface area contributed by atoms with Crippen LogP contribution in [0.15, 0.2) is 22.7 Å². The third-order valence-corrected chi connectivity index (χ3v) is 2.37. The molecule has 0 aliphatic rings. The predicted octanol–water partition coefficient (Wildman–Crippen LogP) is 3.46. The van der Waals surface area contributed by atoms with Crippen molar-refractivity contribution in [2.75, 3.05) is 6.54 Å². The minimum absolute atomic E-state index is 0.102. The minimum atomic E-state index is -0.546. The fraction of sp³-hybridized carbons (Fsp3) is 0.357. The lowest BCUT2D eigenvalue weighted by molar-refractivity contribution is 0.0535. The number of nitrogens with one attached hydrogen (secondary N) is 1. The van der Waals surface area contributed by atoms with E-state index in [2.05, 4.69) is 33.1 Å². The predicted molar refractivity (Wildman–Crippen MR) is 75.2 cm³/mol. The molecule has 0 aliphatic carbocycles. The van der Waals surface area contributed by atoms with Gasteiger partial charge >= 0.3 is 6.09 Å². The normalized spacial score (nSPS) is 10.4. The highest BCUT2D eigenvalue weighted by atomic mass is 79.9. The first-order valence-electron chi connectivity index (χ1n) is 5.69. The van der Waals surface area contributed by atoms with Crippen molar-refractivity contribution in [1.29, 1.82) is 0 Å². The average Bonchev–Trinajstić information content (AvgIpc) is 2.24. The van der Waals surface area contributed by atoms with Crippen LogP contribution in [0.25, 0.3) is 0 Å². The van der Waals surface area contributed by atoms with E-state index in [4.69, 9.17) is 4.74 Å². The van der Waals surface area contributed by atoms with Crippen LogP contribution in [0.2, 0.25) is 0 Å². The molecular formula is C14H15BrFNO2. The standard InChI is InChI=1S/C14H15BrFNO2/c1-14(2,3)19-13(18)17-8-4-5-10-6-7-11(15)9-12(10)16/h6-7,9H,8H2,1-3H3,(H,17,18). The van der Waals surface area contributed by atoms with Crippen LogP contribution in [0, 0.1) is 17.7 Å². The van der Waals surface area contributed by atoms with Gasteiger partial charge in [-0.3, -0.25) is 0 Å². The van der Waals surface area contributed by atoms with E-state index in [0.29, 0.717) is 4.47 Å². The Labute approximate surface area is 120 Å². The Morgan fingerprint density at radius 2 is 2.16 bits per heavy atom. The highest BCUT2D eigenvalue weighted by molar-refractivity contribution is 9.10. The number of halogens is 2. The first kappa shape index (κ1) is 15.5. The van der Waals surface area contributed by atoms with Gasteiger partial charge in [0.1, 0.15) is 11.4 Å². The molecule has 0 saturated heterocycles. The van der Waals surface area contributed by atoms with Crippen molar-refractivity contribution < 1.29 is 13.9 Å². The molecule has 0 aromatic heterocycles. The van der Waals surface area contributed by atoms with Crippen molar-refractivity contribution in [3.8, 4) is 11.8 Å². The first-order valence-corrected chi connectivity index (χ1v) is 6.48. The molecule has 1 N–H and O–H groups in total. The summed E-state index contributed by atoms with van der Waals surface area (Å²) in [6.45, 7) is 5.42. The fourth-order valence-corrected chi connectivity index (χ4v) is 1.49. The number of amides is 1. The smallest absolute Gasteiger partial charge is 0.408 e. The van der Waals surface area contributed by atoms with Gasteiger partial charge in [0.2, 0.25) is 0 Å². The maximum Gasteiger partial charge on any atom is 0.408 e. The Hall–Kier alpha value is -1.54. The summed E-state index contributed by atoms with van der Waals surface area (Å²) >= 11 is 3.16. The molecule has 0 heterocycles. The molecule has 1 rings (SSSR count). The van der Waals surface area contributed by atoms with Gasteiger partial charge in [0.25, 0.3) is 0 Å². The molecule has 0 unspecified atom stereocenters. The van der Waals surface area contributed by atoms with E-state index in [1.807, 2.05) is 0 Å². The van der Waals surface area contributed by atoms with Crippen molar-refractivity contribution in [3.05, 3.63) is 34.1 Å². The van der Waals surface area contributed by atoms with Gasteiger partial charge in [-0.1, -0.05) is 27.8 Å². The lowest BCUT2D eigenvalue weighted by atomic mass is 10.2. The minimum Gasteiger partial charge on any atom is -0.444 e. The van der Waals surface area contributed by atoms with Gasteiger partial charge in [-0.25, -0.2) is 9.18 Å². The number of rotatable bonds is 1. The van der Waals surface area contributed by atoms with Crippen LogP contribution in [-0.4, -0.2) is 18.2 Å². The highest BCUT2D eigenvalue weighted by Crippen LogP contribution is 2.14. The molecule has 5 heteroatoms. The van der Waals surface area contributed by atoms with Gasteiger partial charge < -0.3 is 10.1 Å². The summed E-state index contributed by atoms with van der Waals surface area (Å²) in [5.74, 6) is 4.90. The first-order chi connectivity index (χ1) is 8.78. The van der Waals surface area contributed by atoms with E-state index in [0.717, 1.165) is 0 Å². The fourth-order valence-electron chi connectivity index (χ4n) is 1.16. The van der Waals surface area contributed by atoms with Gasteiger partial charge in [-0.2, -0.15) is 0 Å². The zero-order valence-corrected chi connectivity index (χ0v) is 12.6. The van der Waals surface area contributed by atoms with Crippen molar-refractivity contribution in [3.63, 3.8) is 0 Å². The molecule has 0 fully saturated rings. The van der Waals surface area contributed by atoms with Gasteiger partial charge in [-0.05, 0) is 39.0 Å². The van der Waals surface area contributed by atoms with E-state index < -0.39 is 17.5 Å². The van der Waals surface area contributed by atoms with Crippen LogP contribution in [0.1, 0.15) is 26.3 Å². The monoisotopic (exact) mass is 327 g/mol. The van der Waals surface area contributed by atoms with E-state index in [-0.39, 0.29) is 12.1 Å². The largest absolute Gasteiger partial charge is 0.444 e. The van der Waals surface area contributed by atoms with Gasteiger partial charge in [0.15, 0.2) is 0 Å². The number of alkyl carbamates (subject to hydrolysis) is 1. The summed E-state index contributed by atoms with van der Waals surface area (Å²) in [5.41, 5.74) is -0.260. The lowest BCUT2D eigenvalue weighted by Gasteiger charge is -2.18. The maximum absolute atomic E-state index is 13.4. The molecule has 0 saturated carbocycles. The van der Waals surface area contributed by atoms with Gasteiger partial charge in [0.05, 0.1) is 12.1 Å². The number of ether oxygens (including phenoxy) is 1. The summed E-state index contributed by atoms with van der Waals surface area (Å²) in [6, 6.07) is 4.61. The molecule has 0 atom stereocenters. The molecule has 0 bridgehead atoms. The van der Waals surface area contributed by atoms with Gasteiger partial charge in [0, 0.05) is 4.47 Å². The second kappa shape index (κ2) is 6.58. The van der Waals surface area contributed by atoms with E-state index in [1.165, 1.54) is 6.07 Å². The Morgan fingerprint density at radius 1 is 1.47 bits per heavy atom. The van der Waals surface area contributed by atoms with Gasteiger partial charge in [-0.15, -0.1) is 0 Å². The van der Waals surface area contributed by atoms with Crippen LogP contribution < -0.4 is 5.32 Å². The summed E-state index contributed by atoms with van der Waals surface area (Å²) in [4.78, 5) is 11.3. The summed E-state index contributed by atoms with van der Waals surface area (Å²) < 4.78 is 19.1. The molecule has 1 aromatic rings. The molecule has 1 amide bonds. The molecule has 0 aliphatic heterocycles. The lowest BCUT2D eigenvalue weighted by Crippen LogP contribution is -2.32. The Balaban J connectivity index is 2.50. The quantitative estimate of drug-likeness (QED) is 0.802. The highest BCUT2D eigenvalue weighted by Gasteiger charge is 2.14. The van der Waals surface area contributed by atoms with Crippen molar-refractivity contribution in [1.82, 2.24) is 5.32 Å². The third-order valence-electron chi connectivity index (χ3n) is 1.87. The summed E-state index contributed by atoms with van der Waals surface area (Å²) in [7, 11) is 0. The molecule has 102 valence electrons. The number of carbonyl (C=O) groups excluding carboxylic acids is 1. The number of carbonyl (C=O) groups is 1. The van der Waals surface area contributed by atoms with Crippen LogP contribution in [0.3, 0.4) is 0 Å². The van der Waals surface area contributed by atoms with E-state index >= 15 is 0 Å². The average molecular weight is 328 g/mol.